The first-order valence-electron chi connectivity index (χ1n) is 3.12. The van der Waals surface area contributed by atoms with Crippen molar-refractivity contribution in [3.8, 4) is 0 Å². The van der Waals surface area contributed by atoms with Crippen molar-refractivity contribution < 1.29 is 4.79 Å². The molecule has 0 unspecified atom stereocenters. The Morgan fingerprint density at radius 2 is 2.45 bits per heavy atom. The molecule has 0 aliphatic heterocycles. The van der Waals surface area contributed by atoms with Crippen LogP contribution in [0, 0.1) is 0 Å². The van der Waals surface area contributed by atoms with Crippen LogP contribution in [0.25, 0.3) is 0 Å². The van der Waals surface area contributed by atoms with E-state index in [-0.39, 0.29) is 5.78 Å². The van der Waals surface area contributed by atoms with Gasteiger partial charge >= 0.3 is 0 Å². The van der Waals surface area contributed by atoms with E-state index < -0.39 is 0 Å². The summed E-state index contributed by atoms with van der Waals surface area (Å²) in [6.45, 7) is 1.84. The van der Waals surface area contributed by atoms with Gasteiger partial charge in [-0.1, -0.05) is 18.5 Å². The van der Waals surface area contributed by atoms with Gasteiger partial charge in [0, 0.05) is 11.8 Å². The number of thiophene rings is 1. The van der Waals surface area contributed by atoms with Crippen LogP contribution in [0.3, 0.4) is 0 Å². The van der Waals surface area contributed by atoms with E-state index >= 15 is 0 Å². The number of carbonyl (C=O) groups excluding carboxylic acids is 1. The van der Waals surface area contributed by atoms with Crippen LogP contribution in [0.1, 0.15) is 23.0 Å². The lowest BCUT2D eigenvalue weighted by Crippen LogP contribution is -1.92. The third kappa shape index (κ3) is 1.83. The summed E-state index contributed by atoms with van der Waals surface area (Å²) >= 11 is 10.4. The molecule has 60 valence electrons. The highest BCUT2D eigenvalue weighted by Crippen LogP contribution is 2.32. The van der Waals surface area contributed by atoms with Gasteiger partial charge < -0.3 is 0 Å². The summed E-state index contributed by atoms with van der Waals surface area (Å²) in [6.07, 6.45) is 0.523. The van der Waals surface area contributed by atoms with Crippen molar-refractivity contribution in [3.05, 3.63) is 19.8 Å². The van der Waals surface area contributed by atoms with E-state index in [1.807, 2.05) is 6.92 Å². The van der Waals surface area contributed by atoms with E-state index in [0.717, 1.165) is 9.35 Å². The number of hydrogen-bond donors (Lipinski definition) is 0. The van der Waals surface area contributed by atoms with E-state index in [2.05, 4.69) is 15.9 Å². The number of rotatable bonds is 2. The Balaban J connectivity index is 3.04. The maximum atomic E-state index is 11.2. The van der Waals surface area contributed by atoms with Gasteiger partial charge in [-0.25, -0.2) is 0 Å². The third-order valence-electron chi connectivity index (χ3n) is 1.26. The molecule has 0 bridgehead atoms. The Hall–Kier alpha value is 0.140. The molecule has 0 radical (unpaired) electrons. The quantitative estimate of drug-likeness (QED) is 0.734. The van der Waals surface area contributed by atoms with Gasteiger partial charge in [0.25, 0.3) is 0 Å². The lowest BCUT2D eigenvalue weighted by atomic mass is 10.3. The standard InChI is InChI=1S/C7H6BrClOS/c1-2-5(10)7-6(8)4(9)3-11-7/h3H,2H2,1H3. The summed E-state index contributed by atoms with van der Waals surface area (Å²) < 4.78 is 0.732. The largest absolute Gasteiger partial charge is 0.293 e. The maximum absolute atomic E-state index is 11.2. The van der Waals surface area contributed by atoms with Gasteiger partial charge in [0.05, 0.1) is 14.4 Å². The van der Waals surface area contributed by atoms with Crippen molar-refractivity contribution in [2.24, 2.45) is 0 Å². The summed E-state index contributed by atoms with van der Waals surface area (Å²) in [4.78, 5) is 11.9. The van der Waals surface area contributed by atoms with Crippen LogP contribution in [0.5, 0.6) is 0 Å². The second kappa shape index (κ2) is 3.70. The molecule has 0 aromatic carbocycles. The second-order valence-corrected chi connectivity index (χ2v) is 4.08. The number of Topliss-reactive ketones (excluding diaryl/α,β-unsaturated/α-hetero) is 1. The molecule has 0 spiro atoms. The molecule has 11 heavy (non-hydrogen) atoms. The molecular formula is C7H6BrClOS. The first kappa shape index (κ1) is 9.23. The van der Waals surface area contributed by atoms with Crippen molar-refractivity contribution in [2.45, 2.75) is 13.3 Å². The molecule has 0 aliphatic rings. The highest BCUT2D eigenvalue weighted by atomic mass is 79.9. The van der Waals surface area contributed by atoms with Crippen LogP contribution in [-0.2, 0) is 0 Å². The Kier molecular flexibility index (Phi) is 3.10. The third-order valence-corrected chi connectivity index (χ3v) is 4.03. The zero-order chi connectivity index (χ0) is 8.43. The molecule has 1 rings (SSSR count). The van der Waals surface area contributed by atoms with E-state index in [1.165, 1.54) is 11.3 Å². The monoisotopic (exact) mass is 252 g/mol. The predicted octanol–water partition coefficient (Wildman–Crippen LogP) is 3.76. The van der Waals surface area contributed by atoms with Crippen LogP contribution in [0.2, 0.25) is 5.02 Å². The van der Waals surface area contributed by atoms with Crippen LogP contribution >= 0.6 is 38.9 Å². The fourth-order valence-electron chi connectivity index (χ4n) is 0.671. The minimum absolute atomic E-state index is 0.133. The summed E-state index contributed by atoms with van der Waals surface area (Å²) in [7, 11) is 0. The highest BCUT2D eigenvalue weighted by Gasteiger charge is 2.12. The Labute approximate surface area is 82.5 Å². The van der Waals surface area contributed by atoms with Gasteiger partial charge in [-0.2, -0.15) is 0 Å². The minimum Gasteiger partial charge on any atom is -0.293 e. The molecule has 0 fully saturated rings. The average Bonchev–Trinajstić information content (AvgIpc) is 2.32. The first-order valence-corrected chi connectivity index (χ1v) is 5.17. The fraction of sp³-hybridized carbons (Fsp3) is 0.286. The molecule has 0 aliphatic carbocycles. The molecule has 1 aromatic heterocycles. The van der Waals surface area contributed by atoms with Gasteiger partial charge in [-0.15, -0.1) is 11.3 Å². The lowest BCUT2D eigenvalue weighted by molar-refractivity contribution is 0.0991. The molecular weight excluding hydrogens is 248 g/mol. The van der Waals surface area contributed by atoms with Crippen molar-refractivity contribution in [2.75, 3.05) is 0 Å². The van der Waals surface area contributed by atoms with Crippen molar-refractivity contribution in [3.63, 3.8) is 0 Å². The van der Waals surface area contributed by atoms with Crippen molar-refractivity contribution in [1.82, 2.24) is 0 Å². The molecule has 1 heterocycles. The minimum atomic E-state index is 0.133. The number of hydrogen-bond acceptors (Lipinski definition) is 2. The number of carbonyl (C=O) groups is 1. The second-order valence-electron chi connectivity index (χ2n) is 2.00. The normalized spacial score (nSPS) is 10.1. The fourth-order valence-corrected chi connectivity index (χ4v) is 2.55. The van der Waals surface area contributed by atoms with Crippen LogP contribution in [0.15, 0.2) is 9.85 Å². The highest BCUT2D eigenvalue weighted by molar-refractivity contribution is 9.10. The molecule has 4 heteroatoms. The zero-order valence-electron chi connectivity index (χ0n) is 5.86. The SMILES string of the molecule is CCC(=O)c1scc(Cl)c1Br. The first-order chi connectivity index (χ1) is 5.16. The summed E-state index contributed by atoms with van der Waals surface area (Å²) in [6, 6.07) is 0. The van der Waals surface area contributed by atoms with E-state index in [4.69, 9.17) is 11.6 Å². The molecule has 0 saturated heterocycles. The number of halogens is 2. The van der Waals surface area contributed by atoms with Gasteiger partial charge in [0.2, 0.25) is 0 Å². The van der Waals surface area contributed by atoms with E-state index in [1.54, 1.807) is 5.38 Å². The van der Waals surface area contributed by atoms with Crippen LogP contribution in [-0.4, -0.2) is 5.78 Å². The molecule has 1 nitrogen and oxygen atoms in total. The van der Waals surface area contributed by atoms with Gasteiger partial charge in [0.1, 0.15) is 0 Å². The number of ketones is 1. The molecule has 1 aromatic rings. The van der Waals surface area contributed by atoms with Gasteiger partial charge in [0.15, 0.2) is 5.78 Å². The molecule has 0 saturated carbocycles. The lowest BCUT2D eigenvalue weighted by Gasteiger charge is -1.92. The summed E-state index contributed by atoms with van der Waals surface area (Å²) in [5.74, 6) is 0.133. The Morgan fingerprint density at radius 1 is 1.82 bits per heavy atom. The Morgan fingerprint density at radius 3 is 2.82 bits per heavy atom. The van der Waals surface area contributed by atoms with Gasteiger partial charge in [-0.3, -0.25) is 4.79 Å². The summed E-state index contributed by atoms with van der Waals surface area (Å²) in [5.41, 5.74) is 0. The molecule has 0 atom stereocenters. The van der Waals surface area contributed by atoms with Crippen molar-refractivity contribution >= 4 is 44.7 Å². The Bertz CT molecular complexity index is 282. The van der Waals surface area contributed by atoms with E-state index in [9.17, 15) is 4.79 Å². The summed E-state index contributed by atoms with van der Waals surface area (Å²) in [5, 5.41) is 2.38. The van der Waals surface area contributed by atoms with Crippen molar-refractivity contribution in [1.29, 1.82) is 0 Å². The average molecular weight is 254 g/mol. The topological polar surface area (TPSA) is 17.1 Å². The molecule has 0 amide bonds. The van der Waals surface area contributed by atoms with Gasteiger partial charge in [-0.05, 0) is 15.9 Å². The van der Waals surface area contributed by atoms with E-state index in [0.29, 0.717) is 11.4 Å². The predicted molar refractivity (Wildman–Crippen MR) is 51.7 cm³/mol. The maximum Gasteiger partial charge on any atom is 0.173 e. The smallest absolute Gasteiger partial charge is 0.173 e. The van der Waals surface area contributed by atoms with Crippen LogP contribution < -0.4 is 0 Å². The zero-order valence-corrected chi connectivity index (χ0v) is 9.02. The molecule has 0 N–H and O–H groups in total. The van der Waals surface area contributed by atoms with Crippen LogP contribution in [0.4, 0.5) is 0 Å².